The highest BCUT2D eigenvalue weighted by Gasteiger charge is 2.51. The minimum Gasteiger partial charge on any atom is -0.488 e. The summed E-state index contributed by atoms with van der Waals surface area (Å²) < 4.78 is 12.1. The average molecular weight is 597 g/mol. The normalized spacial score (nSPS) is 20.5. The Kier molecular flexibility index (Phi) is 7.75. The number of rotatable bonds is 3. The van der Waals surface area contributed by atoms with Crippen LogP contribution in [0.1, 0.15) is 45.1 Å². The summed E-state index contributed by atoms with van der Waals surface area (Å²) in [5, 5.41) is 12.4. The number of hydrogen-bond acceptors (Lipinski definition) is 6. The van der Waals surface area contributed by atoms with Crippen molar-refractivity contribution in [2.24, 2.45) is 0 Å². The third-order valence-electron chi connectivity index (χ3n) is 7.71. The smallest absolute Gasteiger partial charge is 0.307 e. The lowest BCUT2D eigenvalue weighted by molar-refractivity contribution is -0.136. The molecule has 43 heavy (non-hydrogen) atoms. The first-order valence-corrected chi connectivity index (χ1v) is 14.3. The number of amides is 1. The van der Waals surface area contributed by atoms with Gasteiger partial charge in [-0.3, -0.25) is 19.3 Å². The summed E-state index contributed by atoms with van der Waals surface area (Å²) in [7, 11) is 0. The Morgan fingerprint density at radius 2 is 1.77 bits per heavy atom. The minimum absolute atomic E-state index is 0.0212. The van der Waals surface area contributed by atoms with Gasteiger partial charge in [0.05, 0.1) is 24.6 Å². The molecule has 0 aliphatic carbocycles. The molecule has 2 atom stereocenters. The SMILES string of the molecule is C[C@@H]1CN2CC(=O)Nc3ccc(Cl)cc3[C@]2(c2ccccc2)O1.O=C(O)Cc1ccc2c(c1)OCc1ccccc1C2=O. The zero-order valence-electron chi connectivity index (χ0n) is 23.4. The van der Waals surface area contributed by atoms with Crippen LogP contribution in [-0.2, 0) is 33.1 Å². The Morgan fingerprint density at radius 3 is 2.56 bits per heavy atom. The lowest BCUT2D eigenvalue weighted by Crippen LogP contribution is -2.44. The number of carboxylic acids is 1. The second kappa shape index (κ2) is 11.6. The van der Waals surface area contributed by atoms with Gasteiger partial charge in [-0.25, -0.2) is 0 Å². The Hall–Kier alpha value is -4.50. The first kappa shape index (κ1) is 28.6. The van der Waals surface area contributed by atoms with E-state index in [4.69, 9.17) is 26.2 Å². The molecule has 0 spiro atoms. The van der Waals surface area contributed by atoms with E-state index in [-0.39, 0.29) is 30.8 Å². The predicted octanol–water partition coefficient (Wildman–Crippen LogP) is 5.65. The standard InChI is InChI=1S/C18H17ClN2O2.C16H12O4/c1-12-10-21-11-17(22)20-16-8-7-14(19)9-15(16)18(21,23-12)13-5-3-2-4-6-13;17-15(18)8-10-5-6-13-14(7-10)20-9-11-3-1-2-4-12(11)16(13)19/h2-9,12H,10-11H2,1H3,(H,20,22);1-7H,8-9H2,(H,17,18)/t12-,18+;/m1./s1. The molecular weight excluding hydrogens is 568 g/mol. The van der Waals surface area contributed by atoms with Crippen molar-refractivity contribution in [1.29, 1.82) is 0 Å². The van der Waals surface area contributed by atoms with Crippen LogP contribution < -0.4 is 10.1 Å². The van der Waals surface area contributed by atoms with Gasteiger partial charge in [-0.05, 0) is 42.8 Å². The molecule has 2 N–H and O–H groups in total. The number of benzene rings is 4. The molecule has 1 saturated heterocycles. The van der Waals surface area contributed by atoms with Crippen molar-refractivity contribution >= 4 is 34.9 Å². The van der Waals surface area contributed by atoms with Gasteiger partial charge >= 0.3 is 5.97 Å². The highest BCUT2D eigenvalue weighted by molar-refractivity contribution is 6.30. The van der Waals surface area contributed by atoms with Gasteiger partial charge in [0.1, 0.15) is 12.4 Å². The van der Waals surface area contributed by atoms with Crippen LogP contribution in [0.2, 0.25) is 5.02 Å². The molecule has 3 aliphatic heterocycles. The molecule has 8 nitrogen and oxygen atoms in total. The van der Waals surface area contributed by atoms with Crippen molar-refractivity contribution in [3.8, 4) is 5.75 Å². The van der Waals surface area contributed by atoms with Gasteiger partial charge in [0.2, 0.25) is 5.91 Å². The first-order chi connectivity index (χ1) is 20.7. The number of ether oxygens (including phenoxy) is 2. The number of fused-ring (bicyclic) bond motifs is 5. The maximum Gasteiger partial charge on any atom is 0.307 e. The van der Waals surface area contributed by atoms with Crippen LogP contribution in [0, 0.1) is 0 Å². The summed E-state index contributed by atoms with van der Waals surface area (Å²) in [4.78, 5) is 37.6. The van der Waals surface area contributed by atoms with E-state index in [2.05, 4.69) is 10.2 Å². The molecule has 3 aliphatic rings. The van der Waals surface area contributed by atoms with E-state index in [9.17, 15) is 14.4 Å². The van der Waals surface area contributed by atoms with Crippen molar-refractivity contribution < 1.29 is 29.0 Å². The molecular formula is C34H29ClN2O6. The topological polar surface area (TPSA) is 105 Å². The number of carboxylic acid groups (broad SMARTS) is 1. The zero-order chi connectivity index (χ0) is 30.1. The van der Waals surface area contributed by atoms with Gasteiger partial charge in [-0.1, -0.05) is 72.3 Å². The Morgan fingerprint density at radius 1 is 1.00 bits per heavy atom. The van der Waals surface area contributed by atoms with E-state index in [1.165, 1.54) is 0 Å². The van der Waals surface area contributed by atoms with Crippen LogP contribution >= 0.6 is 11.6 Å². The van der Waals surface area contributed by atoms with Gasteiger partial charge in [0, 0.05) is 39.5 Å². The van der Waals surface area contributed by atoms with Gasteiger partial charge < -0.3 is 19.9 Å². The fourth-order valence-corrected chi connectivity index (χ4v) is 6.09. The average Bonchev–Trinajstić information content (AvgIpc) is 3.19. The number of aliphatic carboxylic acids is 1. The summed E-state index contributed by atoms with van der Waals surface area (Å²) in [6, 6.07) is 27.8. The molecule has 4 aromatic carbocycles. The summed E-state index contributed by atoms with van der Waals surface area (Å²) in [6.07, 6.45) is -0.0643. The Bertz CT molecular complexity index is 1730. The molecule has 4 aromatic rings. The van der Waals surface area contributed by atoms with E-state index >= 15 is 0 Å². The van der Waals surface area contributed by atoms with E-state index in [0.29, 0.717) is 40.6 Å². The molecule has 0 saturated carbocycles. The fraction of sp³-hybridized carbons (Fsp3) is 0.206. The number of nitrogens with zero attached hydrogens (tertiary/aromatic N) is 1. The van der Waals surface area contributed by atoms with Gasteiger partial charge in [0.25, 0.3) is 0 Å². The van der Waals surface area contributed by atoms with Crippen molar-refractivity contribution in [3.63, 3.8) is 0 Å². The second-order valence-corrected chi connectivity index (χ2v) is 11.2. The number of carbonyl (C=O) groups is 3. The molecule has 218 valence electrons. The third-order valence-corrected chi connectivity index (χ3v) is 7.94. The molecule has 0 aromatic heterocycles. The molecule has 9 heteroatoms. The number of hydrogen-bond donors (Lipinski definition) is 2. The first-order valence-electron chi connectivity index (χ1n) is 13.9. The number of ketones is 1. The van der Waals surface area contributed by atoms with Gasteiger partial charge in [-0.15, -0.1) is 0 Å². The summed E-state index contributed by atoms with van der Waals surface area (Å²) in [5.41, 5.74) is 4.42. The van der Waals surface area contributed by atoms with Crippen LogP contribution in [0.5, 0.6) is 5.75 Å². The van der Waals surface area contributed by atoms with Gasteiger partial charge in [0.15, 0.2) is 11.5 Å². The number of halogens is 1. The van der Waals surface area contributed by atoms with Crippen molar-refractivity contribution in [2.75, 3.05) is 18.4 Å². The predicted molar refractivity (Wildman–Crippen MR) is 161 cm³/mol. The molecule has 0 radical (unpaired) electrons. The molecule has 1 amide bonds. The highest BCUT2D eigenvalue weighted by Crippen LogP contribution is 2.47. The van der Waals surface area contributed by atoms with E-state index in [1.807, 2.05) is 67.6 Å². The number of anilines is 1. The second-order valence-electron chi connectivity index (χ2n) is 10.7. The minimum atomic E-state index is -0.909. The zero-order valence-corrected chi connectivity index (χ0v) is 24.1. The van der Waals surface area contributed by atoms with Gasteiger partial charge in [-0.2, -0.15) is 0 Å². The van der Waals surface area contributed by atoms with Crippen molar-refractivity contribution in [2.45, 2.75) is 31.8 Å². The van der Waals surface area contributed by atoms with E-state index < -0.39 is 11.7 Å². The monoisotopic (exact) mass is 596 g/mol. The maximum absolute atomic E-state index is 12.5. The number of carbonyl (C=O) groups excluding carboxylic acids is 2. The van der Waals surface area contributed by atoms with E-state index in [0.717, 1.165) is 22.4 Å². The quantitative estimate of drug-likeness (QED) is 0.315. The van der Waals surface area contributed by atoms with Crippen LogP contribution in [0.15, 0.2) is 91.0 Å². The summed E-state index contributed by atoms with van der Waals surface area (Å²) in [6.45, 7) is 3.31. The third kappa shape index (κ3) is 5.52. The molecule has 1 fully saturated rings. The van der Waals surface area contributed by atoms with Crippen LogP contribution in [-0.4, -0.2) is 46.9 Å². The van der Waals surface area contributed by atoms with Crippen LogP contribution in [0.4, 0.5) is 5.69 Å². The molecule has 7 rings (SSSR count). The largest absolute Gasteiger partial charge is 0.488 e. The molecule has 0 unspecified atom stereocenters. The lowest BCUT2D eigenvalue weighted by Gasteiger charge is -2.36. The van der Waals surface area contributed by atoms with E-state index in [1.54, 1.807) is 30.3 Å². The molecule has 0 bridgehead atoms. The van der Waals surface area contributed by atoms with Crippen LogP contribution in [0.3, 0.4) is 0 Å². The summed E-state index contributed by atoms with van der Waals surface area (Å²) >= 11 is 6.26. The van der Waals surface area contributed by atoms with Crippen LogP contribution in [0.25, 0.3) is 0 Å². The maximum atomic E-state index is 12.5. The summed E-state index contributed by atoms with van der Waals surface area (Å²) in [5.74, 6) is -0.586. The lowest BCUT2D eigenvalue weighted by atomic mass is 9.92. The Balaban J connectivity index is 0.000000155. The van der Waals surface area contributed by atoms with Crippen molar-refractivity contribution in [3.05, 3.63) is 129 Å². The Labute approximate surface area is 253 Å². The molecule has 3 heterocycles. The van der Waals surface area contributed by atoms with Crippen molar-refractivity contribution in [1.82, 2.24) is 4.90 Å². The fourth-order valence-electron chi connectivity index (χ4n) is 5.92. The highest BCUT2D eigenvalue weighted by atomic mass is 35.5. The number of nitrogens with one attached hydrogen (secondary N) is 1.